The number of allylic oxidation sites excluding steroid dienone is 3. The van der Waals surface area contributed by atoms with Gasteiger partial charge in [0.05, 0.1) is 6.61 Å². The van der Waals surface area contributed by atoms with Gasteiger partial charge in [0.25, 0.3) is 5.91 Å². The summed E-state index contributed by atoms with van der Waals surface area (Å²) in [5, 5.41) is 9.49. The van der Waals surface area contributed by atoms with Gasteiger partial charge in [-0.1, -0.05) is 36.0 Å². The van der Waals surface area contributed by atoms with Crippen molar-refractivity contribution in [2.75, 3.05) is 20.3 Å². The monoisotopic (exact) mass is 354 g/mol. The number of nitriles is 1. The van der Waals surface area contributed by atoms with Crippen molar-refractivity contribution < 1.29 is 9.53 Å². The van der Waals surface area contributed by atoms with Crippen LogP contribution in [0.25, 0.3) is 0 Å². The minimum Gasteiger partial charge on any atom is -0.384 e. The number of hydrogen-bond acceptors (Lipinski definition) is 3. The fourth-order valence-electron chi connectivity index (χ4n) is 3.57. The number of nitrogens with zero attached hydrogens (tertiary/aromatic N) is 2. The Morgan fingerprint density at radius 2 is 2.19 bits per heavy atom. The molecular formula is C22H30N2O2. The second kappa shape index (κ2) is 8.51. The van der Waals surface area contributed by atoms with Gasteiger partial charge in [0, 0.05) is 25.1 Å². The van der Waals surface area contributed by atoms with Crippen LogP contribution in [0.15, 0.2) is 47.1 Å². The molecule has 2 aliphatic rings. The number of carbonyl (C=O) groups is 1. The maximum Gasteiger partial charge on any atom is 0.264 e. The van der Waals surface area contributed by atoms with Crippen LogP contribution < -0.4 is 0 Å². The number of amides is 1. The molecule has 0 aromatic carbocycles. The second-order valence-corrected chi connectivity index (χ2v) is 7.82. The summed E-state index contributed by atoms with van der Waals surface area (Å²) in [5.74, 6) is -0.166. The molecule has 2 rings (SSSR count). The molecule has 1 fully saturated rings. The van der Waals surface area contributed by atoms with Crippen LogP contribution in [0.2, 0.25) is 0 Å². The van der Waals surface area contributed by atoms with Gasteiger partial charge in [0.1, 0.15) is 11.6 Å². The fourth-order valence-corrected chi connectivity index (χ4v) is 3.57. The van der Waals surface area contributed by atoms with E-state index in [0.717, 1.165) is 31.3 Å². The van der Waals surface area contributed by atoms with Crippen LogP contribution in [0.3, 0.4) is 0 Å². The summed E-state index contributed by atoms with van der Waals surface area (Å²) in [7, 11) is 1.66. The number of carbonyl (C=O) groups excluding carboxylic acids is 1. The smallest absolute Gasteiger partial charge is 0.264 e. The normalized spacial score (nSPS) is 22.5. The lowest BCUT2D eigenvalue weighted by atomic mass is 9.97. The Labute approximate surface area is 157 Å². The van der Waals surface area contributed by atoms with Crippen molar-refractivity contribution in [2.45, 2.75) is 52.5 Å². The second-order valence-electron chi connectivity index (χ2n) is 7.82. The zero-order valence-electron chi connectivity index (χ0n) is 16.5. The number of ether oxygens (including phenoxy) is 1. The zero-order chi connectivity index (χ0) is 19.3. The van der Waals surface area contributed by atoms with Gasteiger partial charge in [0.2, 0.25) is 0 Å². The van der Waals surface area contributed by atoms with Gasteiger partial charge in [-0.15, -0.1) is 0 Å². The molecule has 4 heteroatoms. The van der Waals surface area contributed by atoms with E-state index >= 15 is 0 Å². The molecule has 1 aliphatic heterocycles. The molecule has 0 aromatic heterocycles. The molecule has 0 saturated heterocycles. The molecule has 1 amide bonds. The Bertz CT molecular complexity index is 702. The van der Waals surface area contributed by atoms with Crippen molar-refractivity contribution in [3.05, 3.63) is 47.1 Å². The SMILES string of the molecule is C=C(C)C/C(C)=C\C1=CC(C)N(C(=O)/C(C#N)=C\C2(COC)CC2)CC1. The molecule has 4 nitrogen and oxygen atoms in total. The van der Waals surface area contributed by atoms with Crippen molar-refractivity contribution >= 4 is 5.91 Å². The van der Waals surface area contributed by atoms with Crippen LogP contribution >= 0.6 is 0 Å². The summed E-state index contributed by atoms with van der Waals surface area (Å²) in [6.45, 7) is 11.3. The standard InChI is InChI=1S/C22H30N2O2/c1-16(2)10-17(3)11-19-6-9-24(18(4)12-19)21(25)20(14-23)13-22(7-8-22)15-26-5/h11-13,18H,1,6-10,15H2,2-5H3/b17-11-,20-13-. The van der Waals surface area contributed by atoms with Crippen LogP contribution in [-0.4, -0.2) is 37.1 Å². The highest BCUT2D eigenvalue weighted by Gasteiger charge is 2.42. The van der Waals surface area contributed by atoms with Gasteiger partial charge in [-0.25, -0.2) is 0 Å². The van der Waals surface area contributed by atoms with Gasteiger partial charge >= 0.3 is 0 Å². The summed E-state index contributed by atoms with van der Waals surface area (Å²) >= 11 is 0. The van der Waals surface area contributed by atoms with Crippen molar-refractivity contribution in [1.29, 1.82) is 5.26 Å². The van der Waals surface area contributed by atoms with E-state index in [9.17, 15) is 10.1 Å². The first-order valence-corrected chi connectivity index (χ1v) is 9.25. The van der Waals surface area contributed by atoms with Crippen molar-refractivity contribution in [3.63, 3.8) is 0 Å². The van der Waals surface area contributed by atoms with Crippen molar-refractivity contribution in [2.24, 2.45) is 5.41 Å². The highest BCUT2D eigenvalue weighted by Crippen LogP contribution is 2.48. The highest BCUT2D eigenvalue weighted by molar-refractivity contribution is 5.97. The molecule has 1 saturated carbocycles. The lowest BCUT2D eigenvalue weighted by Crippen LogP contribution is -2.41. The average molecular weight is 354 g/mol. The third-order valence-electron chi connectivity index (χ3n) is 4.99. The first-order valence-electron chi connectivity index (χ1n) is 9.25. The Hall–Kier alpha value is -2.12. The molecule has 1 unspecified atom stereocenters. The Balaban J connectivity index is 2.10. The van der Waals surface area contributed by atoms with Gasteiger partial charge in [0.15, 0.2) is 0 Å². The van der Waals surface area contributed by atoms with Crippen LogP contribution in [0, 0.1) is 16.7 Å². The average Bonchev–Trinajstić information content (AvgIpc) is 3.31. The van der Waals surface area contributed by atoms with Gasteiger partial charge < -0.3 is 9.64 Å². The van der Waals surface area contributed by atoms with Gasteiger partial charge in [-0.3, -0.25) is 4.79 Å². The molecule has 1 heterocycles. The van der Waals surface area contributed by atoms with Gasteiger partial charge in [-0.2, -0.15) is 5.26 Å². The van der Waals surface area contributed by atoms with Crippen LogP contribution in [0.5, 0.6) is 0 Å². The third kappa shape index (κ3) is 5.19. The van der Waals surface area contributed by atoms with E-state index < -0.39 is 0 Å². The lowest BCUT2D eigenvalue weighted by molar-refractivity contribution is -0.128. The Kier molecular flexibility index (Phi) is 6.61. The summed E-state index contributed by atoms with van der Waals surface area (Å²) in [4.78, 5) is 14.7. The molecule has 1 atom stereocenters. The molecular weight excluding hydrogens is 324 g/mol. The molecule has 0 aromatic rings. The quantitative estimate of drug-likeness (QED) is 0.389. The molecule has 0 bridgehead atoms. The molecule has 26 heavy (non-hydrogen) atoms. The van der Waals surface area contributed by atoms with E-state index in [4.69, 9.17) is 4.74 Å². The Morgan fingerprint density at radius 1 is 1.50 bits per heavy atom. The molecule has 0 radical (unpaired) electrons. The Morgan fingerprint density at radius 3 is 2.69 bits per heavy atom. The predicted molar refractivity (Wildman–Crippen MR) is 104 cm³/mol. The summed E-state index contributed by atoms with van der Waals surface area (Å²) in [6, 6.07) is 2.09. The van der Waals surface area contributed by atoms with E-state index in [0.29, 0.717) is 13.2 Å². The van der Waals surface area contributed by atoms with E-state index in [2.05, 4.69) is 31.7 Å². The number of methoxy groups -OCH3 is 1. The first-order chi connectivity index (χ1) is 12.3. The minimum absolute atomic E-state index is 0.0190. The largest absolute Gasteiger partial charge is 0.384 e. The summed E-state index contributed by atoms with van der Waals surface area (Å²) in [5.41, 5.74) is 3.81. The minimum atomic E-state index is -0.166. The fraction of sp³-hybridized carbons (Fsp3) is 0.545. The topological polar surface area (TPSA) is 53.3 Å². The number of rotatable bonds is 7. The zero-order valence-corrected chi connectivity index (χ0v) is 16.5. The highest BCUT2D eigenvalue weighted by atomic mass is 16.5. The summed E-state index contributed by atoms with van der Waals surface area (Å²) < 4.78 is 5.24. The van der Waals surface area contributed by atoms with Crippen molar-refractivity contribution in [3.8, 4) is 6.07 Å². The summed E-state index contributed by atoms with van der Waals surface area (Å²) in [6.07, 6.45) is 9.83. The number of hydrogen-bond donors (Lipinski definition) is 0. The maximum atomic E-state index is 12.9. The predicted octanol–water partition coefficient (Wildman–Crippen LogP) is 4.32. The van der Waals surface area contributed by atoms with E-state index in [1.807, 2.05) is 19.9 Å². The maximum absolute atomic E-state index is 12.9. The molecule has 140 valence electrons. The van der Waals surface area contributed by atoms with Crippen molar-refractivity contribution in [1.82, 2.24) is 4.90 Å². The van der Waals surface area contributed by atoms with E-state index in [1.165, 1.54) is 11.1 Å². The molecule has 0 N–H and O–H groups in total. The van der Waals surface area contributed by atoms with Crippen LogP contribution in [-0.2, 0) is 9.53 Å². The first kappa shape index (κ1) is 20.2. The van der Waals surface area contributed by atoms with E-state index in [-0.39, 0.29) is 22.9 Å². The van der Waals surface area contributed by atoms with Crippen LogP contribution in [0.4, 0.5) is 0 Å². The third-order valence-corrected chi connectivity index (χ3v) is 4.99. The van der Waals surface area contributed by atoms with Crippen LogP contribution in [0.1, 0.15) is 46.5 Å². The molecule has 0 spiro atoms. The molecule has 1 aliphatic carbocycles. The lowest BCUT2D eigenvalue weighted by Gasteiger charge is -2.32. The van der Waals surface area contributed by atoms with E-state index in [1.54, 1.807) is 12.0 Å². The van der Waals surface area contributed by atoms with Gasteiger partial charge in [-0.05, 0) is 52.0 Å².